The minimum Gasteiger partial charge on any atom is -0.354 e. The van der Waals surface area contributed by atoms with E-state index in [1.54, 1.807) is 6.07 Å². The average molecular weight is 268 g/mol. The van der Waals surface area contributed by atoms with E-state index >= 15 is 0 Å². The molecule has 2 aliphatic rings. The Bertz CT molecular complexity index is 713. The van der Waals surface area contributed by atoms with Crippen molar-refractivity contribution < 1.29 is 9.18 Å². The van der Waals surface area contributed by atoms with Gasteiger partial charge in [0.2, 0.25) is 0 Å². The van der Waals surface area contributed by atoms with E-state index in [4.69, 9.17) is 0 Å². The molecule has 100 valence electrons. The molecule has 20 heavy (non-hydrogen) atoms. The van der Waals surface area contributed by atoms with Crippen molar-refractivity contribution in [1.82, 2.24) is 0 Å². The van der Waals surface area contributed by atoms with Gasteiger partial charge in [0.15, 0.2) is 0 Å². The first-order valence-electron chi connectivity index (χ1n) is 6.69. The normalized spacial score (nSPS) is 19.8. The first-order valence-corrected chi connectivity index (χ1v) is 6.69. The van der Waals surface area contributed by atoms with Gasteiger partial charge in [-0.05, 0) is 29.7 Å². The highest BCUT2D eigenvalue weighted by Gasteiger charge is 2.38. The van der Waals surface area contributed by atoms with Gasteiger partial charge in [-0.3, -0.25) is 4.79 Å². The number of amides is 1. The number of carbonyl (C=O) groups is 1. The van der Waals surface area contributed by atoms with Crippen molar-refractivity contribution in [3.63, 3.8) is 0 Å². The lowest BCUT2D eigenvalue weighted by atomic mass is 9.90. The monoisotopic (exact) mass is 268 g/mol. The first-order chi connectivity index (χ1) is 9.75. The second-order valence-corrected chi connectivity index (χ2v) is 5.17. The summed E-state index contributed by atoms with van der Waals surface area (Å²) in [5.41, 5.74) is 3.28. The van der Waals surface area contributed by atoms with Gasteiger partial charge in [-0.25, -0.2) is 4.39 Å². The third-order valence-corrected chi connectivity index (χ3v) is 4.08. The van der Waals surface area contributed by atoms with Gasteiger partial charge in [-0.15, -0.1) is 0 Å². The third-order valence-electron chi connectivity index (χ3n) is 4.08. The molecule has 0 aromatic heterocycles. The molecule has 0 saturated heterocycles. The van der Waals surface area contributed by atoms with E-state index in [0.717, 1.165) is 24.2 Å². The van der Waals surface area contributed by atoms with E-state index in [0.29, 0.717) is 5.69 Å². The minimum absolute atomic E-state index is 0.158. The summed E-state index contributed by atoms with van der Waals surface area (Å²) in [6.07, 6.45) is 0.871. The lowest BCUT2D eigenvalue weighted by Gasteiger charge is -2.42. The van der Waals surface area contributed by atoms with Crippen molar-refractivity contribution in [2.45, 2.75) is 12.5 Å². The van der Waals surface area contributed by atoms with Crippen LogP contribution in [0, 0.1) is 5.82 Å². The molecule has 0 spiro atoms. The number of hydrogen-bond donors (Lipinski definition) is 1. The Kier molecular flexibility index (Phi) is 2.33. The maximum absolute atomic E-state index is 13.9. The fourth-order valence-corrected chi connectivity index (χ4v) is 3.18. The molecule has 1 atom stereocenters. The first kappa shape index (κ1) is 11.5. The van der Waals surface area contributed by atoms with E-state index in [1.165, 1.54) is 11.6 Å². The van der Waals surface area contributed by atoms with E-state index in [2.05, 4.69) is 11.4 Å². The molecular formula is C16H13FN2O. The zero-order valence-corrected chi connectivity index (χ0v) is 10.8. The Labute approximate surface area is 116 Å². The Hall–Kier alpha value is -2.36. The lowest BCUT2D eigenvalue weighted by molar-refractivity contribution is -0.118. The molecule has 2 aromatic rings. The van der Waals surface area contributed by atoms with Crippen molar-refractivity contribution in [3.8, 4) is 0 Å². The Morgan fingerprint density at radius 2 is 2.00 bits per heavy atom. The number of nitrogens with one attached hydrogen (secondary N) is 1. The summed E-state index contributed by atoms with van der Waals surface area (Å²) in [4.78, 5) is 14.4. The van der Waals surface area contributed by atoms with Crippen LogP contribution in [0.3, 0.4) is 0 Å². The number of halogens is 1. The van der Waals surface area contributed by atoms with Crippen LogP contribution in [0.25, 0.3) is 0 Å². The van der Waals surface area contributed by atoms with Crippen LogP contribution in [-0.4, -0.2) is 12.5 Å². The Balaban J connectivity index is 1.90. The number of fused-ring (bicyclic) bond motifs is 5. The molecule has 0 radical (unpaired) electrons. The molecule has 0 fully saturated rings. The largest absolute Gasteiger partial charge is 0.354 e. The minimum atomic E-state index is -0.381. The highest BCUT2D eigenvalue weighted by atomic mass is 19.1. The predicted octanol–water partition coefficient (Wildman–Crippen LogP) is 2.88. The zero-order valence-electron chi connectivity index (χ0n) is 10.8. The average Bonchev–Trinajstić information content (AvgIpc) is 2.48. The Morgan fingerprint density at radius 3 is 2.90 bits per heavy atom. The Morgan fingerprint density at radius 1 is 1.15 bits per heavy atom. The second kappa shape index (κ2) is 4.07. The second-order valence-electron chi connectivity index (χ2n) is 5.17. The van der Waals surface area contributed by atoms with Crippen molar-refractivity contribution >= 4 is 17.3 Å². The molecule has 4 rings (SSSR count). The van der Waals surface area contributed by atoms with Gasteiger partial charge in [0.1, 0.15) is 17.5 Å². The summed E-state index contributed by atoms with van der Waals surface area (Å²) in [7, 11) is 0. The van der Waals surface area contributed by atoms with E-state index in [-0.39, 0.29) is 17.8 Å². The molecule has 1 amide bonds. The molecule has 2 aromatic carbocycles. The van der Waals surface area contributed by atoms with Crippen LogP contribution in [0.5, 0.6) is 0 Å². The number of benzene rings is 2. The number of rotatable bonds is 0. The molecule has 1 N–H and O–H groups in total. The molecule has 3 nitrogen and oxygen atoms in total. The van der Waals surface area contributed by atoms with Crippen LogP contribution < -0.4 is 10.2 Å². The summed E-state index contributed by atoms with van der Waals surface area (Å²) in [6, 6.07) is 12.5. The van der Waals surface area contributed by atoms with Gasteiger partial charge >= 0.3 is 0 Å². The number of carbonyl (C=O) groups excluding carboxylic acids is 1. The van der Waals surface area contributed by atoms with Gasteiger partial charge in [-0.2, -0.15) is 0 Å². The fourth-order valence-electron chi connectivity index (χ4n) is 3.18. The van der Waals surface area contributed by atoms with Crippen molar-refractivity contribution in [2.24, 2.45) is 0 Å². The number of para-hydroxylation sites is 1. The van der Waals surface area contributed by atoms with Crippen LogP contribution in [0.2, 0.25) is 0 Å². The molecule has 1 unspecified atom stereocenters. The van der Waals surface area contributed by atoms with Crippen LogP contribution in [-0.2, 0) is 11.2 Å². The van der Waals surface area contributed by atoms with Gasteiger partial charge in [0.25, 0.3) is 5.91 Å². The number of hydrogen-bond acceptors (Lipinski definition) is 2. The highest BCUT2D eigenvalue weighted by Crippen LogP contribution is 2.42. The van der Waals surface area contributed by atoms with E-state index in [1.807, 2.05) is 29.2 Å². The topological polar surface area (TPSA) is 32.3 Å². The fraction of sp³-hybridized carbons (Fsp3) is 0.188. The summed E-state index contributed by atoms with van der Waals surface area (Å²) in [6.45, 7) is 0.728. The number of anilines is 2. The van der Waals surface area contributed by atoms with Crippen LogP contribution in [0.15, 0.2) is 42.5 Å². The SMILES string of the molecule is O=C1Nc2c(F)cccc2N2CCc3ccccc3C12. The van der Waals surface area contributed by atoms with Crippen molar-refractivity contribution in [2.75, 3.05) is 16.8 Å². The summed E-state index contributed by atoms with van der Waals surface area (Å²) >= 11 is 0. The van der Waals surface area contributed by atoms with Gasteiger partial charge < -0.3 is 10.2 Å². The summed E-state index contributed by atoms with van der Waals surface area (Å²) in [5.74, 6) is -0.539. The molecule has 0 saturated carbocycles. The number of nitrogens with zero attached hydrogens (tertiary/aromatic N) is 1. The maximum Gasteiger partial charge on any atom is 0.251 e. The van der Waals surface area contributed by atoms with Crippen molar-refractivity contribution in [3.05, 3.63) is 59.4 Å². The molecule has 0 bridgehead atoms. The quantitative estimate of drug-likeness (QED) is 0.796. The third kappa shape index (κ3) is 1.48. The predicted molar refractivity (Wildman–Crippen MR) is 75.3 cm³/mol. The zero-order chi connectivity index (χ0) is 13.7. The van der Waals surface area contributed by atoms with Crippen LogP contribution in [0.1, 0.15) is 17.2 Å². The van der Waals surface area contributed by atoms with Gasteiger partial charge in [0, 0.05) is 6.54 Å². The molecule has 2 heterocycles. The highest BCUT2D eigenvalue weighted by molar-refractivity contribution is 6.04. The molecule has 0 aliphatic carbocycles. The smallest absolute Gasteiger partial charge is 0.251 e. The summed E-state index contributed by atoms with van der Waals surface area (Å²) < 4.78 is 13.9. The summed E-state index contributed by atoms with van der Waals surface area (Å²) in [5, 5.41) is 2.71. The molecule has 4 heteroatoms. The van der Waals surface area contributed by atoms with Gasteiger partial charge in [-0.1, -0.05) is 30.3 Å². The van der Waals surface area contributed by atoms with Gasteiger partial charge in [0.05, 0.1) is 5.69 Å². The van der Waals surface area contributed by atoms with E-state index in [9.17, 15) is 9.18 Å². The standard InChI is InChI=1S/C16H13FN2O/c17-12-6-3-7-13-14(12)18-16(20)15-11-5-2-1-4-10(11)8-9-19(13)15/h1-7,15H,8-9H2,(H,18,20). The van der Waals surface area contributed by atoms with Crippen LogP contribution in [0.4, 0.5) is 15.8 Å². The molecular weight excluding hydrogens is 255 g/mol. The van der Waals surface area contributed by atoms with E-state index < -0.39 is 0 Å². The maximum atomic E-state index is 13.9. The van der Waals surface area contributed by atoms with Crippen LogP contribution >= 0.6 is 0 Å². The molecule has 2 aliphatic heterocycles. The van der Waals surface area contributed by atoms with Crippen molar-refractivity contribution in [1.29, 1.82) is 0 Å². The lowest BCUT2D eigenvalue weighted by Crippen LogP contribution is -2.45.